The van der Waals surface area contributed by atoms with E-state index in [1.165, 1.54) is 13.4 Å². The summed E-state index contributed by atoms with van der Waals surface area (Å²) in [5.41, 5.74) is 3.42. The number of ether oxygens (including phenoxy) is 1. The summed E-state index contributed by atoms with van der Waals surface area (Å²) in [6.45, 7) is 5.91. The first kappa shape index (κ1) is 24.1. The van der Waals surface area contributed by atoms with Gasteiger partial charge in [0.25, 0.3) is 5.91 Å². The van der Waals surface area contributed by atoms with Crippen LogP contribution in [0.3, 0.4) is 0 Å². The Morgan fingerprint density at radius 3 is 2.62 bits per heavy atom. The van der Waals surface area contributed by atoms with E-state index >= 15 is 4.39 Å². The molecule has 12 heteroatoms. The summed E-state index contributed by atoms with van der Waals surface area (Å²) in [5.74, 6) is -0.986. The SMILES string of the molecule is COc1c(CNC(=O)c2cn(C(C)(C)C)nn2)ccc(-c2ncnn3cc(-c4cnn(C)c4)cc23)c1F. The molecule has 11 nitrogen and oxygen atoms in total. The minimum atomic E-state index is -0.586. The first-order valence-electron chi connectivity index (χ1n) is 11.5. The number of hydrogen-bond acceptors (Lipinski definition) is 7. The molecule has 1 amide bonds. The lowest BCUT2D eigenvalue weighted by atomic mass is 10.0. The number of carbonyl (C=O) groups is 1. The zero-order chi connectivity index (χ0) is 26.3. The van der Waals surface area contributed by atoms with Gasteiger partial charge in [-0.05, 0) is 32.9 Å². The Morgan fingerprint density at radius 1 is 1.14 bits per heavy atom. The first-order chi connectivity index (χ1) is 17.7. The third-order valence-corrected chi connectivity index (χ3v) is 5.93. The Morgan fingerprint density at radius 2 is 1.95 bits per heavy atom. The second kappa shape index (κ2) is 9.12. The van der Waals surface area contributed by atoms with E-state index in [0.717, 1.165) is 11.1 Å². The molecule has 5 rings (SSSR count). The average molecular weight is 504 g/mol. The maximum absolute atomic E-state index is 15.7. The molecule has 1 aromatic carbocycles. The summed E-state index contributed by atoms with van der Waals surface area (Å²) >= 11 is 0. The van der Waals surface area contributed by atoms with Gasteiger partial charge in [0.05, 0.1) is 30.6 Å². The van der Waals surface area contributed by atoms with Gasteiger partial charge in [0.2, 0.25) is 0 Å². The quantitative estimate of drug-likeness (QED) is 0.378. The molecule has 0 saturated heterocycles. The molecule has 4 heterocycles. The van der Waals surface area contributed by atoms with Crippen LogP contribution in [0.15, 0.2) is 49.3 Å². The van der Waals surface area contributed by atoms with Gasteiger partial charge in [-0.2, -0.15) is 10.2 Å². The predicted molar refractivity (Wildman–Crippen MR) is 133 cm³/mol. The van der Waals surface area contributed by atoms with Gasteiger partial charge in [0.1, 0.15) is 12.0 Å². The summed E-state index contributed by atoms with van der Waals surface area (Å²) < 4.78 is 26.1. The minimum absolute atomic E-state index is 0.0203. The molecular formula is C25H26FN9O2. The second-order valence-corrected chi connectivity index (χ2v) is 9.59. The van der Waals surface area contributed by atoms with Crippen LogP contribution in [0.2, 0.25) is 0 Å². The first-order valence-corrected chi connectivity index (χ1v) is 11.5. The van der Waals surface area contributed by atoms with Crippen LogP contribution in [0, 0.1) is 5.82 Å². The van der Waals surface area contributed by atoms with E-state index in [0.29, 0.717) is 16.8 Å². The van der Waals surface area contributed by atoms with E-state index in [1.54, 1.807) is 38.4 Å². The number of methoxy groups -OCH3 is 1. The number of benzene rings is 1. The molecule has 0 spiro atoms. The number of amides is 1. The van der Waals surface area contributed by atoms with Crippen molar-refractivity contribution in [2.75, 3.05) is 7.11 Å². The van der Waals surface area contributed by atoms with E-state index < -0.39 is 11.7 Å². The number of hydrogen-bond donors (Lipinski definition) is 1. The Kier molecular flexibility index (Phi) is 5.94. The van der Waals surface area contributed by atoms with Gasteiger partial charge in [0.15, 0.2) is 17.3 Å². The van der Waals surface area contributed by atoms with Gasteiger partial charge in [-0.1, -0.05) is 11.3 Å². The summed E-state index contributed by atoms with van der Waals surface area (Å²) in [4.78, 5) is 17.0. The molecule has 0 atom stereocenters. The highest BCUT2D eigenvalue weighted by atomic mass is 19.1. The lowest BCUT2D eigenvalue weighted by Gasteiger charge is -2.17. The molecule has 0 aliphatic carbocycles. The Labute approximate surface area is 211 Å². The number of carbonyl (C=O) groups excluding carboxylic acids is 1. The molecule has 0 fully saturated rings. The lowest BCUT2D eigenvalue weighted by Crippen LogP contribution is -2.24. The Hall–Kier alpha value is -4.61. The molecule has 0 bridgehead atoms. The van der Waals surface area contributed by atoms with Crippen molar-refractivity contribution in [1.82, 2.24) is 44.7 Å². The van der Waals surface area contributed by atoms with Crippen molar-refractivity contribution in [3.63, 3.8) is 0 Å². The second-order valence-electron chi connectivity index (χ2n) is 9.59. The number of nitrogens with one attached hydrogen (secondary N) is 1. The van der Waals surface area contributed by atoms with Crippen LogP contribution >= 0.6 is 0 Å². The van der Waals surface area contributed by atoms with Gasteiger partial charge in [-0.15, -0.1) is 5.10 Å². The normalized spacial score (nSPS) is 11.7. The summed E-state index contributed by atoms with van der Waals surface area (Å²) in [6, 6.07) is 5.21. The fraction of sp³-hybridized carbons (Fsp3) is 0.280. The highest BCUT2D eigenvalue weighted by Gasteiger charge is 2.21. The highest BCUT2D eigenvalue weighted by molar-refractivity contribution is 5.91. The summed E-state index contributed by atoms with van der Waals surface area (Å²) in [6.07, 6.45) is 8.43. The Bertz CT molecular complexity index is 1610. The largest absolute Gasteiger partial charge is 0.493 e. The van der Waals surface area contributed by atoms with E-state index in [4.69, 9.17) is 4.74 Å². The number of aryl methyl sites for hydroxylation is 1. The zero-order valence-electron chi connectivity index (χ0n) is 21.1. The van der Waals surface area contributed by atoms with Crippen LogP contribution < -0.4 is 10.1 Å². The number of aromatic nitrogens is 8. The fourth-order valence-electron chi connectivity index (χ4n) is 3.97. The molecule has 0 aliphatic rings. The number of halogens is 1. The van der Waals surface area contributed by atoms with Crippen LogP contribution in [0.1, 0.15) is 36.8 Å². The molecule has 0 saturated carbocycles. The van der Waals surface area contributed by atoms with Gasteiger partial charge < -0.3 is 10.1 Å². The smallest absolute Gasteiger partial charge is 0.273 e. The van der Waals surface area contributed by atoms with Crippen LogP contribution in [-0.4, -0.2) is 52.4 Å². The molecule has 37 heavy (non-hydrogen) atoms. The molecule has 4 aromatic heterocycles. The fourth-order valence-corrected chi connectivity index (χ4v) is 3.97. The molecule has 0 unspecified atom stereocenters. The van der Waals surface area contributed by atoms with Crippen molar-refractivity contribution in [3.8, 4) is 28.1 Å². The van der Waals surface area contributed by atoms with Gasteiger partial charge >= 0.3 is 0 Å². The topological polar surface area (TPSA) is 117 Å². The average Bonchev–Trinajstić information content (AvgIpc) is 3.61. The summed E-state index contributed by atoms with van der Waals surface area (Å²) in [7, 11) is 3.22. The van der Waals surface area contributed by atoms with Gasteiger partial charge in [-0.3, -0.25) is 9.48 Å². The number of nitrogens with zero attached hydrogens (tertiary/aromatic N) is 8. The van der Waals surface area contributed by atoms with Crippen molar-refractivity contribution in [2.24, 2.45) is 7.05 Å². The summed E-state index contributed by atoms with van der Waals surface area (Å²) in [5, 5.41) is 19.2. The van der Waals surface area contributed by atoms with Gasteiger partial charge in [0, 0.05) is 48.2 Å². The van der Waals surface area contributed by atoms with Crippen LogP contribution in [-0.2, 0) is 19.1 Å². The molecule has 5 aromatic rings. The van der Waals surface area contributed by atoms with Crippen LogP contribution in [0.5, 0.6) is 5.75 Å². The van der Waals surface area contributed by atoms with E-state index in [9.17, 15) is 4.79 Å². The molecule has 1 N–H and O–H groups in total. The van der Waals surface area contributed by atoms with Crippen LogP contribution in [0.4, 0.5) is 4.39 Å². The van der Waals surface area contributed by atoms with Crippen molar-refractivity contribution < 1.29 is 13.9 Å². The van der Waals surface area contributed by atoms with E-state index in [1.807, 2.05) is 46.3 Å². The number of rotatable bonds is 6. The third-order valence-electron chi connectivity index (χ3n) is 5.93. The molecule has 190 valence electrons. The number of fused-ring (bicyclic) bond motifs is 1. The molecule has 0 aliphatic heterocycles. The van der Waals surface area contributed by atoms with Crippen molar-refractivity contribution >= 4 is 11.4 Å². The van der Waals surface area contributed by atoms with Gasteiger partial charge in [-0.25, -0.2) is 18.6 Å². The predicted octanol–water partition coefficient (Wildman–Crippen LogP) is 3.22. The maximum atomic E-state index is 15.7. The third kappa shape index (κ3) is 4.53. The van der Waals surface area contributed by atoms with Crippen molar-refractivity contribution in [2.45, 2.75) is 32.9 Å². The maximum Gasteiger partial charge on any atom is 0.273 e. The monoisotopic (exact) mass is 503 g/mol. The van der Waals surface area contributed by atoms with E-state index in [2.05, 4.69) is 30.8 Å². The van der Waals surface area contributed by atoms with E-state index in [-0.39, 0.29) is 29.1 Å². The standard InChI is InChI=1S/C25H26FN9O2/c1-25(2,3)35-13-19(31-32-35)24(36)27-9-15-6-7-18(21(26)23(15)37-5)22-20-8-16(12-34(20)30-14-28-22)17-10-29-33(4)11-17/h6-8,10-14H,9H2,1-5H3,(H,27,36). The Balaban J connectivity index is 1.43. The molecule has 0 radical (unpaired) electrons. The van der Waals surface area contributed by atoms with Crippen molar-refractivity contribution in [1.29, 1.82) is 0 Å². The highest BCUT2D eigenvalue weighted by Crippen LogP contribution is 2.34. The minimum Gasteiger partial charge on any atom is -0.493 e. The van der Waals surface area contributed by atoms with Crippen molar-refractivity contribution in [3.05, 3.63) is 66.4 Å². The molecular weight excluding hydrogens is 477 g/mol. The zero-order valence-corrected chi connectivity index (χ0v) is 21.1. The van der Waals surface area contributed by atoms with Crippen LogP contribution in [0.25, 0.3) is 27.9 Å². The lowest BCUT2D eigenvalue weighted by molar-refractivity contribution is 0.0945.